The Morgan fingerprint density at radius 2 is 2.11 bits per heavy atom. The Bertz CT molecular complexity index is 528. The van der Waals surface area contributed by atoms with Gasteiger partial charge in [0, 0.05) is 37.3 Å². The Balaban J connectivity index is 2.11. The molecule has 1 aliphatic heterocycles. The lowest BCUT2D eigenvalue weighted by molar-refractivity contribution is 0.583. The molecule has 0 bridgehead atoms. The van der Waals surface area contributed by atoms with Crippen molar-refractivity contribution in [3.63, 3.8) is 0 Å². The summed E-state index contributed by atoms with van der Waals surface area (Å²) in [4.78, 5) is 4.84. The average Bonchev–Trinajstić information content (AvgIpc) is 2.80. The highest BCUT2D eigenvalue weighted by Gasteiger charge is 2.19. The summed E-state index contributed by atoms with van der Waals surface area (Å²) < 4.78 is 2.41. The fourth-order valence-electron chi connectivity index (χ4n) is 2.64. The SMILES string of the molecule is CCCn1c(-c2ccccc2)nc2c1CCNC2. The molecule has 3 nitrogen and oxygen atoms in total. The maximum atomic E-state index is 4.84. The van der Waals surface area contributed by atoms with Crippen molar-refractivity contribution < 1.29 is 0 Å². The van der Waals surface area contributed by atoms with E-state index in [1.54, 1.807) is 0 Å². The maximum absolute atomic E-state index is 4.84. The molecule has 0 radical (unpaired) electrons. The Morgan fingerprint density at radius 1 is 1.28 bits per heavy atom. The quantitative estimate of drug-likeness (QED) is 0.895. The van der Waals surface area contributed by atoms with E-state index < -0.39 is 0 Å². The van der Waals surface area contributed by atoms with Gasteiger partial charge in [-0.05, 0) is 6.42 Å². The molecule has 1 aliphatic rings. The van der Waals surface area contributed by atoms with Crippen LogP contribution in [0.5, 0.6) is 0 Å². The number of aromatic nitrogens is 2. The van der Waals surface area contributed by atoms with E-state index in [0.717, 1.165) is 38.3 Å². The molecular weight excluding hydrogens is 222 g/mol. The first-order chi connectivity index (χ1) is 8.90. The second-order valence-corrected chi connectivity index (χ2v) is 4.77. The zero-order valence-electron chi connectivity index (χ0n) is 10.8. The number of hydrogen-bond donors (Lipinski definition) is 1. The molecule has 0 unspecified atom stereocenters. The molecule has 2 aromatic rings. The molecule has 0 atom stereocenters. The predicted molar refractivity (Wildman–Crippen MR) is 73.4 cm³/mol. The molecule has 0 aliphatic carbocycles. The summed E-state index contributed by atoms with van der Waals surface area (Å²) in [5, 5.41) is 3.40. The standard InChI is InChI=1S/C15H19N3/c1-2-10-18-14-8-9-16-11-13(14)17-15(18)12-6-4-3-5-7-12/h3-7,16H,2,8-11H2,1H3. The van der Waals surface area contributed by atoms with Crippen LogP contribution in [0.2, 0.25) is 0 Å². The topological polar surface area (TPSA) is 29.9 Å². The second-order valence-electron chi connectivity index (χ2n) is 4.77. The second kappa shape index (κ2) is 4.94. The minimum absolute atomic E-state index is 0.909. The van der Waals surface area contributed by atoms with Crippen LogP contribution in [0.1, 0.15) is 24.7 Å². The minimum atomic E-state index is 0.909. The molecule has 0 amide bonds. The molecule has 18 heavy (non-hydrogen) atoms. The van der Waals surface area contributed by atoms with E-state index in [4.69, 9.17) is 4.98 Å². The van der Waals surface area contributed by atoms with Gasteiger partial charge < -0.3 is 9.88 Å². The summed E-state index contributed by atoms with van der Waals surface area (Å²) >= 11 is 0. The van der Waals surface area contributed by atoms with Crippen molar-refractivity contribution in [3.05, 3.63) is 41.7 Å². The smallest absolute Gasteiger partial charge is 0.140 e. The van der Waals surface area contributed by atoms with Gasteiger partial charge in [-0.2, -0.15) is 0 Å². The summed E-state index contributed by atoms with van der Waals surface area (Å²) in [6, 6.07) is 10.5. The van der Waals surface area contributed by atoms with Crippen LogP contribution >= 0.6 is 0 Å². The first-order valence-electron chi connectivity index (χ1n) is 6.74. The zero-order chi connectivity index (χ0) is 12.4. The van der Waals surface area contributed by atoms with E-state index in [9.17, 15) is 0 Å². The first-order valence-corrected chi connectivity index (χ1v) is 6.74. The van der Waals surface area contributed by atoms with Crippen molar-refractivity contribution in [1.29, 1.82) is 0 Å². The zero-order valence-corrected chi connectivity index (χ0v) is 10.8. The Hall–Kier alpha value is -1.61. The van der Waals surface area contributed by atoms with E-state index in [1.807, 2.05) is 0 Å². The maximum Gasteiger partial charge on any atom is 0.140 e. The molecule has 0 fully saturated rings. The number of nitrogens with one attached hydrogen (secondary N) is 1. The van der Waals surface area contributed by atoms with Gasteiger partial charge in [0.25, 0.3) is 0 Å². The molecule has 1 N–H and O–H groups in total. The lowest BCUT2D eigenvalue weighted by Crippen LogP contribution is -2.25. The van der Waals surface area contributed by atoms with Crippen LogP contribution in [-0.4, -0.2) is 16.1 Å². The third kappa shape index (κ3) is 1.95. The van der Waals surface area contributed by atoms with Crippen molar-refractivity contribution in [3.8, 4) is 11.4 Å². The van der Waals surface area contributed by atoms with Crippen LogP contribution in [0.25, 0.3) is 11.4 Å². The number of rotatable bonds is 3. The first kappa shape index (κ1) is 11.5. The van der Waals surface area contributed by atoms with Crippen LogP contribution < -0.4 is 5.32 Å². The number of nitrogens with zero attached hydrogens (tertiary/aromatic N) is 2. The Labute approximate surface area is 108 Å². The molecular formula is C15H19N3. The van der Waals surface area contributed by atoms with Gasteiger partial charge in [0.2, 0.25) is 0 Å². The number of fused-ring (bicyclic) bond motifs is 1. The highest BCUT2D eigenvalue weighted by Crippen LogP contribution is 2.24. The summed E-state index contributed by atoms with van der Waals surface area (Å²) in [7, 11) is 0. The highest BCUT2D eigenvalue weighted by molar-refractivity contribution is 5.57. The van der Waals surface area contributed by atoms with E-state index >= 15 is 0 Å². The third-order valence-electron chi connectivity index (χ3n) is 3.47. The molecule has 0 saturated heterocycles. The number of benzene rings is 1. The van der Waals surface area contributed by atoms with Gasteiger partial charge in [-0.25, -0.2) is 4.98 Å². The number of imidazole rings is 1. The fraction of sp³-hybridized carbons (Fsp3) is 0.400. The molecule has 0 saturated carbocycles. The van der Waals surface area contributed by atoms with Gasteiger partial charge in [0.15, 0.2) is 0 Å². The van der Waals surface area contributed by atoms with E-state index in [1.165, 1.54) is 17.0 Å². The van der Waals surface area contributed by atoms with Crippen LogP contribution in [0.15, 0.2) is 30.3 Å². The Kier molecular flexibility index (Phi) is 3.15. The summed E-state index contributed by atoms with van der Waals surface area (Å²) in [5.74, 6) is 1.13. The van der Waals surface area contributed by atoms with Crippen LogP contribution in [-0.2, 0) is 19.5 Å². The normalized spacial score (nSPS) is 14.5. The minimum Gasteiger partial charge on any atom is -0.328 e. The molecule has 0 spiro atoms. The molecule has 3 heteroatoms. The third-order valence-corrected chi connectivity index (χ3v) is 3.47. The van der Waals surface area contributed by atoms with Gasteiger partial charge >= 0.3 is 0 Å². The van der Waals surface area contributed by atoms with Gasteiger partial charge in [-0.15, -0.1) is 0 Å². The Morgan fingerprint density at radius 3 is 2.89 bits per heavy atom. The van der Waals surface area contributed by atoms with Gasteiger partial charge in [-0.1, -0.05) is 37.3 Å². The predicted octanol–water partition coefficient (Wildman–Crippen LogP) is 2.61. The summed E-state index contributed by atoms with van der Waals surface area (Å²) in [5.41, 5.74) is 3.88. The lowest BCUT2D eigenvalue weighted by Gasteiger charge is -2.15. The van der Waals surface area contributed by atoms with Gasteiger partial charge in [0.05, 0.1) is 5.69 Å². The van der Waals surface area contributed by atoms with Crippen molar-refractivity contribution in [2.24, 2.45) is 0 Å². The van der Waals surface area contributed by atoms with E-state index in [-0.39, 0.29) is 0 Å². The molecule has 1 aromatic carbocycles. The van der Waals surface area contributed by atoms with Crippen LogP contribution in [0, 0.1) is 0 Å². The molecule has 94 valence electrons. The average molecular weight is 241 g/mol. The molecule has 2 heterocycles. The van der Waals surface area contributed by atoms with Crippen molar-refractivity contribution in [2.45, 2.75) is 32.9 Å². The summed E-state index contributed by atoms with van der Waals surface area (Å²) in [6.45, 7) is 5.26. The number of hydrogen-bond acceptors (Lipinski definition) is 2. The highest BCUT2D eigenvalue weighted by atomic mass is 15.1. The monoisotopic (exact) mass is 241 g/mol. The van der Waals surface area contributed by atoms with E-state index in [2.05, 4.69) is 47.1 Å². The molecule has 1 aromatic heterocycles. The van der Waals surface area contributed by atoms with E-state index in [0.29, 0.717) is 0 Å². The summed E-state index contributed by atoms with van der Waals surface area (Å²) in [6.07, 6.45) is 2.24. The van der Waals surface area contributed by atoms with Crippen LogP contribution in [0.4, 0.5) is 0 Å². The van der Waals surface area contributed by atoms with Crippen molar-refractivity contribution in [2.75, 3.05) is 6.54 Å². The molecule has 3 rings (SSSR count). The fourth-order valence-corrected chi connectivity index (χ4v) is 2.64. The van der Waals surface area contributed by atoms with Gasteiger partial charge in [-0.3, -0.25) is 0 Å². The lowest BCUT2D eigenvalue weighted by atomic mass is 10.2. The largest absolute Gasteiger partial charge is 0.328 e. The van der Waals surface area contributed by atoms with Gasteiger partial charge in [0.1, 0.15) is 5.82 Å². The van der Waals surface area contributed by atoms with Crippen molar-refractivity contribution >= 4 is 0 Å². The van der Waals surface area contributed by atoms with Crippen molar-refractivity contribution in [1.82, 2.24) is 14.9 Å². The van der Waals surface area contributed by atoms with Crippen LogP contribution in [0.3, 0.4) is 0 Å².